The van der Waals surface area contributed by atoms with E-state index >= 15 is 0 Å². The van der Waals surface area contributed by atoms with Crippen molar-refractivity contribution < 1.29 is 0 Å². The van der Waals surface area contributed by atoms with Crippen molar-refractivity contribution in [3.63, 3.8) is 0 Å². The molecule has 0 bridgehead atoms. The zero-order valence-corrected chi connectivity index (χ0v) is 13.0. The fourth-order valence-electron chi connectivity index (χ4n) is 3.24. The first-order valence-corrected chi connectivity index (χ1v) is 7.74. The van der Waals surface area contributed by atoms with Crippen LogP contribution < -0.4 is 0 Å². The molecule has 1 aromatic rings. The molecule has 108 valence electrons. The number of benzene rings is 1. The summed E-state index contributed by atoms with van der Waals surface area (Å²) >= 11 is 0. The molecule has 1 fully saturated rings. The first kappa shape index (κ1) is 13.8. The molecule has 0 amide bonds. The van der Waals surface area contributed by atoms with Crippen molar-refractivity contribution in [3.8, 4) is 0 Å². The summed E-state index contributed by atoms with van der Waals surface area (Å²) in [5.74, 6) is 0. The maximum atomic E-state index is 2.64. The van der Waals surface area contributed by atoms with Gasteiger partial charge in [-0.25, -0.2) is 0 Å². The fraction of sp³-hybridized carbons (Fsp3) is 0.556. The Bertz CT molecular complexity index is 484. The highest BCUT2D eigenvalue weighted by Gasteiger charge is 2.33. The van der Waals surface area contributed by atoms with Crippen molar-refractivity contribution in [2.75, 3.05) is 26.2 Å². The molecule has 1 saturated heterocycles. The van der Waals surface area contributed by atoms with E-state index in [0.717, 1.165) is 6.54 Å². The Hall–Kier alpha value is -1.12. The molecule has 0 spiro atoms. The zero-order chi connectivity index (χ0) is 14.2. The fourth-order valence-corrected chi connectivity index (χ4v) is 3.24. The number of hydrogen-bond donors (Lipinski definition) is 0. The van der Waals surface area contributed by atoms with Crippen molar-refractivity contribution in [1.29, 1.82) is 0 Å². The summed E-state index contributed by atoms with van der Waals surface area (Å²) in [4.78, 5) is 5.24. The number of nitrogens with zero attached hydrogens (tertiary/aromatic N) is 2. The van der Waals surface area contributed by atoms with Gasteiger partial charge in [0.1, 0.15) is 0 Å². The Morgan fingerprint density at radius 3 is 2.55 bits per heavy atom. The molecule has 2 nitrogen and oxygen atoms in total. The van der Waals surface area contributed by atoms with E-state index in [9.17, 15) is 0 Å². The molecule has 0 aliphatic carbocycles. The van der Waals surface area contributed by atoms with E-state index in [-0.39, 0.29) is 0 Å². The average Bonchev–Trinajstić information content (AvgIpc) is 2.83. The molecule has 2 heterocycles. The molecular weight excluding hydrogens is 244 g/mol. The average molecular weight is 270 g/mol. The standard InChI is InChI=1S/C18H26N2/c1-18(2,3)16-11-17-14-19(9-10-20(17)13-16)12-15-7-5-4-6-8-15/h4-8,11,17H,9-10,12-14H2,1-3H3/t17-/m0/s1. The van der Waals surface area contributed by atoms with Crippen LogP contribution in [0.2, 0.25) is 0 Å². The van der Waals surface area contributed by atoms with Gasteiger partial charge in [-0.05, 0) is 11.0 Å². The molecule has 3 rings (SSSR count). The van der Waals surface area contributed by atoms with E-state index < -0.39 is 0 Å². The van der Waals surface area contributed by atoms with E-state index in [4.69, 9.17) is 0 Å². The lowest BCUT2D eigenvalue weighted by Crippen LogP contribution is -2.49. The van der Waals surface area contributed by atoms with Gasteiger partial charge in [0, 0.05) is 38.8 Å². The predicted octanol–water partition coefficient (Wildman–Crippen LogP) is 3.16. The predicted molar refractivity (Wildman–Crippen MR) is 84.6 cm³/mol. The third-order valence-electron chi connectivity index (χ3n) is 4.60. The van der Waals surface area contributed by atoms with Crippen LogP contribution in [0.15, 0.2) is 42.0 Å². The van der Waals surface area contributed by atoms with E-state index in [0.29, 0.717) is 11.5 Å². The smallest absolute Gasteiger partial charge is 0.0413 e. The van der Waals surface area contributed by atoms with Crippen molar-refractivity contribution in [1.82, 2.24) is 9.80 Å². The van der Waals surface area contributed by atoms with Crippen molar-refractivity contribution in [2.24, 2.45) is 5.41 Å². The third kappa shape index (κ3) is 2.97. The summed E-state index contributed by atoms with van der Waals surface area (Å²) in [6.07, 6.45) is 2.52. The molecule has 2 heteroatoms. The van der Waals surface area contributed by atoms with Crippen molar-refractivity contribution in [3.05, 3.63) is 47.5 Å². The van der Waals surface area contributed by atoms with Gasteiger partial charge in [0.2, 0.25) is 0 Å². The van der Waals surface area contributed by atoms with Gasteiger partial charge in [0.25, 0.3) is 0 Å². The minimum absolute atomic E-state index is 0.321. The van der Waals surface area contributed by atoms with Crippen LogP contribution in [0.3, 0.4) is 0 Å². The molecule has 0 N–H and O–H groups in total. The largest absolute Gasteiger partial charge is 0.296 e. The number of rotatable bonds is 2. The Morgan fingerprint density at radius 1 is 1.10 bits per heavy atom. The second kappa shape index (κ2) is 5.34. The van der Waals surface area contributed by atoms with Crippen molar-refractivity contribution in [2.45, 2.75) is 33.4 Å². The van der Waals surface area contributed by atoms with Gasteiger partial charge in [-0.1, -0.05) is 62.8 Å². The normalized spacial score (nSPS) is 24.6. The molecule has 0 radical (unpaired) electrons. The van der Waals surface area contributed by atoms with E-state index in [1.807, 2.05) is 0 Å². The van der Waals surface area contributed by atoms with Gasteiger partial charge in [-0.3, -0.25) is 9.80 Å². The lowest BCUT2D eigenvalue weighted by molar-refractivity contribution is 0.109. The number of piperazine rings is 1. The maximum Gasteiger partial charge on any atom is 0.0413 e. The summed E-state index contributed by atoms with van der Waals surface area (Å²) < 4.78 is 0. The van der Waals surface area contributed by atoms with Crippen molar-refractivity contribution >= 4 is 0 Å². The van der Waals surface area contributed by atoms with Gasteiger partial charge in [0.05, 0.1) is 0 Å². The van der Waals surface area contributed by atoms with E-state index in [2.05, 4.69) is 67.0 Å². The first-order valence-electron chi connectivity index (χ1n) is 7.74. The molecule has 0 saturated carbocycles. The zero-order valence-electron chi connectivity index (χ0n) is 13.0. The highest BCUT2D eigenvalue weighted by molar-refractivity contribution is 5.23. The number of hydrogen-bond acceptors (Lipinski definition) is 2. The molecule has 1 aromatic carbocycles. The first-order chi connectivity index (χ1) is 9.52. The van der Waals surface area contributed by atoms with E-state index in [1.54, 1.807) is 5.57 Å². The third-order valence-corrected chi connectivity index (χ3v) is 4.60. The molecule has 2 aliphatic heterocycles. The second-order valence-electron chi connectivity index (χ2n) is 7.20. The Morgan fingerprint density at radius 2 is 1.85 bits per heavy atom. The van der Waals surface area contributed by atoms with Crippen LogP contribution in [-0.2, 0) is 6.54 Å². The molecule has 0 aromatic heterocycles. The lowest BCUT2D eigenvalue weighted by Gasteiger charge is -2.37. The van der Waals surface area contributed by atoms with Gasteiger partial charge in [0.15, 0.2) is 0 Å². The molecule has 2 aliphatic rings. The lowest BCUT2D eigenvalue weighted by atomic mass is 9.87. The van der Waals surface area contributed by atoms with E-state index in [1.165, 1.54) is 31.7 Å². The van der Waals surface area contributed by atoms with Crippen LogP contribution in [0, 0.1) is 5.41 Å². The minimum atomic E-state index is 0.321. The summed E-state index contributed by atoms with van der Waals surface area (Å²) in [5.41, 5.74) is 3.37. The monoisotopic (exact) mass is 270 g/mol. The van der Waals surface area contributed by atoms with Crippen LogP contribution in [0.25, 0.3) is 0 Å². The Balaban J connectivity index is 1.65. The number of fused-ring (bicyclic) bond motifs is 1. The highest BCUT2D eigenvalue weighted by atomic mass is 15.3. The van der Waals surface area contributed by atoms with Crippen LogP contribution in [0.4, 0.5) is 0 Å². The maximum absolute atomic E-state index is 2.64. The SMILES string of the molecule is CC(C)(C)C1=C[C@H]2CN(Cc3ccccc3)CCN2C1. The van der Waals surface area contributed by atoms with Crippen LogP contribution in [0.5, 0.6) is 0 Å². The molecule has 0 unspecified atom stereocenters. The summed E-state index contributed by atoms with van der Waals surface area (Å²) in [6.45, 7) is 12.8. The van der Waals surface area contributed by atoms with Gasteiger partial charge >= 0.3 is 0 Å². The Kier molecular flexibility index (Phi) is 3.70. The minimum Gasteiger partial charge on any atom is -0.296 e. The molecular formula is C18H26N2. The van der Waals surface area contributed by atoms with Crippen LogP contribution in [-0.4, -0.2) is 42.0 Å². The quantitative estimate of drug-likeness (QED) is 0.762. The molecule has 20 heavy (non-hydrogen) atoms. The summed E-state index contributed by atoms with van der Waals surface area (Å²) in [6, 6.07) is 11.5. The van der Waals surface area contributed by atoms with Crippen LogP contribution in [0.1, 0.15) is 26.3 Å². The van der Waals surface area contributed by atoms with Gasteiger partial charge in [-0.2, -0.15) is 0 Å². The van der Waals surface area contributed by atoms with Crippen LogP contribution >= 0.6 is 0 Å². The highest BCUT2D eigenvalue weighted by Crippen LogP contribution is 2.33. The second-order valence-corrected chi connectivity index (χ2v) is 7.20. The summed E-state index contributed by atoms with van der Waals surface area (Å²) in [7, 11) is 0. The topological polar surface area (TPSA) is 6.48 Å². The Labute approximate surface area is 123 Å². The summed E-state index contributed by atoms with van der Waals surface area (Å²) in [5, 5.41) is 0. The van der Waals surface area contributed by atoms with Gasteiger partial charge < -0.3 is 0 Å². The van der Waals surface area contributed by atoms with Gasteiger partial charge in [-0.15, -0.1) is 0 Å². The molecule has 1 atom stereocenters.